The van der Waals surface area contributed by atoms with Gasteiger partial charge in [0.15, 0.2) is 0 Å². The molecule has 0 radical (unpaired) electrons. The molecule has 2 heterocycles. The van der Waals surface area contributed by atoms with Gasteiger partial charge in [0, 0.05) is 19.2 Å². The maximum absolute atomic E-state index is 13.1. The van der Waals surface area contributed by atoms with Crippen LogP contribution in [0.15, 0.2) is 52.8 Å². The van der Waals surface area contributed by atoms with Crippen molar-refractivity contribution in [1.29, 1.82) is 0 Å². The Morgan fingerprint density at radius 2 is 2.07 bits per heavy atom. The van der Waals surface area contributed by atoms with Gasteiger partial charge < -0.3 is 14.6 Å². The van der Waals surface area contributed by atoms with Crippen LogP contribution in [0, 0.1) is 0 Å². The van der Waals surface area contributed by atoms with Gasteiger partial charge in [-0.15, -0.1) is 11.3 Å². The van der Waals surface area contributed by atoms with Crippen molar-refractivity contribution in [3.8, 4) is 0 Å². The van der Waals surface area contributed by atoms with Crippen LogP contribution in [0.3, 0.4) is 0 Å². The molecular formula is C20H18N4O3S. The van der Waals surface area contributed by atoms with E-state index in [1.54, 1.807) is 41.8 Å². The first-order valence-electron chi connectivity index (χ1n) is 8.75. The number of aromatic nitrogens is 3. The van der Waals surface area contributed by atoms with Crippen LogP contribution >= 0.6 is 11.3 Å². The molecule has 1 N–H and O–H groups in total. The first kappa shape index (κ1) is 18.3. The minimum absolute atomic E-state index is 0.150. The van der Waals surface area contributed by atoms with E-state index in [0.29, 0.717) is 35.4 Å². The van der Waals surface area contributed by atoms with Gasteiger partial charge in [0.1, 0.15) is 5.82 Å². The summed E-state index contributed by atoms with van der Waals surface area (Å²) >= 11 is 1.49. The lowest BCUT2D eigenvalue weighted by Gasteiger charge is -2.22. The molecule has 28 heavy (non-hydrogen) atoms. The molecule has 0 unspecified atom stereocenters. The number of nitrogens with one attached hydrogen (secondary N) is 1. The predicted octanol–water partition coefficient (Wildman–Crippen LogP) is 2.82. The summed E-state index contributed by atoms with van der Waals surface area (Å²) in [6.07, 6.45) is 0. The molecule has 0 saturated carbocycles. The van der Waals surface area contributed by atoms with Gasteiger partial charge in [-0.3, -0.25) is 9.59 Å². The van der Waals surface area contributed by atoms with Crippen molar-refractivity contribution in [1.82, 2.24) is 19.9 Å². The fourth-order valence-electron chi connectivity index (χ4n) is 3.02. The molecule has 0 fully saturated rings. The molecule has 142 valence electrons. The molecule has 4 aromatic rings. The number of thiazole rings is 1. The number of nitrogens with zero attached hydrogens (tertiary/aromatic N) is 3. The zero-order valence-corrected chi connectivity index (χ0v) is 16.0. The van der Waals surface area contributed by atoms with Crippen LogP contribution in [0.5, 0.6) is 0 Å². The van der Waals surface area contributed by atoms with Crippen LogP contribution in [0.4, 0.5) is 0 Å². The lowest BCUT2D eigenvalue weighted by molar-refractivity contribution is 0.0675. The second-order valence-corrected chi connectivity index (χ2v) is 7.17. The highest BCUT2D eigenvalue weighted by Crippen LogP contribution is 2.20. The summed E-state index contributed by atoms with van der Waals surface area (Å²) in [5.41, 5.74) is 3.57. The van der Waals surface area contributed by atoms with Gasteiger partial charge in [-0.1, -0.05) is 12.1 Å². The van der Waals surface area contributed by atoms with E-state index in [-0.39, 0.29) is 18.0 Å². The number of hydrogen-bond donors (Lipinski definition) is 1. The second-order valence-electron chi connectivity index (χ2n) is 6.28. The number of para-hydroxylation sites is 1. The van der Waals surface area contributed by atoms with Crippen LogP contribution in [0.1, 0.15) is 16.2 Å². The summed E-state index contributed by atoms with van der Waals surface area (Å²) < 4.78 is 6.11. The largest absolute Gasteiger partial charge is 0.383 e. The molecule has 2 aromatic heterocycles. The lowest BCUT2D eigenvalue weighted by atomic mass is 10.2. The molecule has 0 aliphatic rings. The van der Waals surface area contributed by atoms with Crippen LogP contribution in [0.2, 0.25) is 0 Å². The highest BCUT2D eigenvalue weighted by Gasteiger charge is 2.18. The lowest BCUT2D eigenvalue weighted by Crippen LogP contribution is -2.34. The number of carbonyl (C=O) groups excluding carboxylic acids is 1. The smallest absolute Gasteiger partial charge is 0.258 e. The molecule has 7 nitrogen and oxygen atoms in total. The quantitative estimate of drug-likeness (QED) is 0.543. The number of hydrogen-bond acceptors (Lipinski definition) is 6. The Hall–Kier alpha value is -3.10. The van der Waals surface area contributed by atoms with Gasteiger partial charge in [0.25, 0.3) is 11.5 Å². The van der Waals surface area contributed by atoms with Crippen molar-refractivity contribution >= 4 is 38.4 Å². The standard InChI is InChI=1S/C20H18N4O3S/c1-27-9-8-24(20(26)13-6-7-16-17(10-13)28-12-21-16)11-18-22-15-5-3-2-4-14(15)19(25)23-18/h2-7,10,12H,8-9,11H2,1H3,(H,22,23,25). The summed E-state index contributed by atoms with van der Waals surface area (Å²) in [6, 6.07) is 12.6. The molecule has 1 amide bonds. The molecule has 0 saturated heterocycles. The zero-order chi connectivity index (χ0) is 19.5. The average molecular weight is 394 g/mol. The molecule has 0 spiro atoms. The average Bonchev–Trinajstić information content (AvgIpc) is 3.18. The van der Waals surface area contributed by atoms with Crippen molar-refractivity contribution in [3.63, 3.8) is 0 Å². The Bertz CT molecular complexity index is 1200. The molecule has 8 heteroatoms. The van der Waals surface area contributed by atoms with E-state index >= 15 is 0 Å². The highest BCUT2D eigenvalue weighted by atomic mass is 32.1. The minimum atomic E-state index is -0.217. The Balaban J connectivity index is 1.65. The number of aromatic amines is 1. The van der Waals surface area contributed by atoms with Crippen LogP contribution in [-0.4, -0.2) is 46.0 Å². The van der Waals surface area contributed by atoms with Gasteiger partial charge in [-0.25, -0.2) is 9.97 Å². The number of fused-ring (bicyclic) bond motifs is 2. The van der Waals surface area contributed by atoms with E-state index in [1.165, 1.54) is 11.3 Å². The third kappa shape index (κ3) is 3.64. The maximum atomic E-state index is 13.1. The fourth-order valence-corrected chi connectivity index (χ4v) is 3.73. The van der Waals surface area contributed by atoms with Crippen molar-refractivity contribution in [2.45, 2.75) is 6.54 Å². The maximum Gasteiger partial charge on any atom is 0.258 e. The molecule has 0 atom stereocenters. The number of amides is 1. The number of rotatable bonds is 6. The van der Waals surface area contributed by atoms with Gasteiger partial charge in [-0.2, -0.15) is 0 Å². The molecular weight excluding hydrogens is 376 g/mol. The minimum Gasteiger partial charge on any atom is -0.383 e. The van der Waals surface area contributed by atoms with Gasteiger partial charge in [-0.05, 0) is 30.3 Å². The third-order valence-corrected chi connectivity index (χ3v) is 5.23. The fraction of sp³-hybridized carbons (Fsp3) is 0.200. The Morgan fingerprint density at radius 3 is 2.93 bits per heavy atom. The third-order valence-electron chi connectivity index (χ3n) is 4.43. The Morgan fingerprint density at radius 1 is 1.21 bits per heavy atom. The summed E-state index contributed by atoms with van der Waals surface area (Å²) in [4.78, 5) is 38.6. The number of benzene rings is 2. The van der Waals surface area contributed by atoms with Crippen LogP contribution in [0.25, 0.3) is 21.1 Å². The van der Waals surface area contributed by atoms with E-state index in [4.69, 9.17) is 4.74 Å². The second kappa shape index (κ2) is 7.87. The molecule has 0 aliphatic heterocycles. The molecule has 0 aliphatic carbocycles. The summed E-state index contributed by atoms with van der Waals surface area (Å²) in [7, 11) is 1.59. The number of carbonyl (C=O) groups is 1. The van der Waals surface area contributed by atoms with Crippen LogP contribution < -0.4 is 5.56 Å². The first-order chi connectivity index (χ1) is 13.7. The van der Waals surface area contributed by atoms with Crippen molar-refractivity contribution < 1.29 is 9.53 Å². The SMILES string of the molecule is COCCN(Cc1nc2ccccc2c(=O)[nH]1)C(=O)c1ccc2ncsc2c1. The number of H-pyrrole nitrogens is 1. The van der Waals surface area contributed by atoms with Gasteiger partial charge in [0.2, 0.25) is 0 Å². The van der Waals surface area contributed by atoms with E-state index < -0.39 is 0 Å². The topological polar surface area (TPSA) is 88.2 Å². The number of ether oxygens (including phenoxy) is 1. The van der Waals surface area contributed by atoms with Crippen molar-refractivity contribution in [3.05, 3.63) is 69.7 Å². The Kier molecular flexibility index (Phi) is 5.14. The van der Waals surface area contributed by atoms with Crippen molar-refractivity contribution in [2.75, 3.05) is 20.3 Å². The monoisotopic (exact) mass is 394 g/mol. The summed E-state index contributed by atoms with van der Waals surface area (Å²) in [5.74, 6) is 0.287. The predicted molar refractivity (Wildman–Crippen MR) is 109 cm³/mol. The van der Waals surface area contributed by atoms with E-state index in [1.807, 2.05) is 18.2 Å². The van der Waals surface area contributed by atoms with Crippen molar-refractivity contribution in [2.24, 2.45) is 0 Å². The van der Waals surface area contributed by atoms with E-state index in [2.05, 4.69) is 15.0 Å². The van der Waals surface area contributed by atoms with Crippen LogP contribution in [-0.2, 0) is 11.3 Å². The summed E-state index contributed by atoms with van der Waals surface area (Å²) in [6.45, 7) is 0.946. The molecule has 4 rings (SSSR count). The number of methoxy groups -OCH3 is 1. The van der Waals surface area contributed by atoms with E-state index in [9.17, 15) is 9.59 Å². The Labute approximate surface area is 164 Å². The molecule has 2 aromatic carbocycles. The highest BCUT2D eigenvalue weighted by molar-refractivity contribution is 7.16. The van der Waals surface area contributed by atoms with E-state index in [0.717, 1.165) is 10.2 Å². The van der Waals surface area contributed by atoms with Gasteiger partial charge >= 0.3 is 0 Å². The first-order valence-corrected chi connectivity index (χ1v) is 9.63. The normalized spacial score (nSPS) is 11.2. The van der Waals surface area contributed by atoms with Gasteiger partial charge in [0.05, 0.1) is 39.8 Å². The summed E-state index contributed by atoms with van der Waals surface area (Å²) in [5, 5.41) is 0.525. The zero-order valence-electron chi connectivity index (χ0n) is 15.2. The molecule has 0 bridgehead atoms.